The maximum Gasteiger partial charge on any atom is 0.339 e. The standard InChI is InChI=1S/C17H18O5/c1-21-14-7-4-11(5-8-14)3-6-12-9-13(18)10-15(22-2)16(12)17(19)20/h4-5,7-10,18H,3,6H2,1-2H3,(H,19,20). The summed E-state index contributed by atoms with van der Waals surface area (Å²) in [7, 11) is 2.99. The third-order valence-corrected chi connectivity index (χ3v) is 3.44. The number of phenols is 1. The van der Waals surface area contributed by atoms with Crippen molar-refractivity contribution in [3.05, 3.63) is 53.1 Å². The van der Waals surface area contributed by atoms with Crippen LogP contribution in [0.1, 0.15) is 21.5 Å². The summed E-state index contributed by atoms with van der Waals surface area (Å²) in [4.78, 5) is 11.4. The fourth-order valence-electron chi connectivity index (χ4n) is 2.33. The van der Waals surface area contributed by atoms with Crippen molar-refractivity contribution in [2.45, 2.75) is 12.8 Å². The molecule has 5 nitrogen and oxygen atoms in total. The minimum atomic E-state index is -1.07. The highest BCUT2D eigenvalue weighted by atomic mass is 16.5. The lowest BCUT2D eigenvalue weighted by Crippen LogP contribution is -2.06. The Morgan fingerprint density at radius 3 is 2.27 bits per heavy atom. The van der Waals surface area contributed by atoms with E-state index in [0.717, 1.165) is 11.3 Å². The number of carbonyl (C=O) groups is 1. The fourth-order valence-corrected chi connectivity index (χ4v) is 2.33. The largest absolute Gasteiger partial charge is 0.508 e. The molecule has 0 aromatic heterocycles. The normalized spacial score (nSPS) is 10.3. The number of methoxy groups -OCH3 is 2. The summed E-state index contributed by atoms with van der Waals surface area (Å²) in [6, 6.07) is 10.3. The molecular weight excluding hydrogens is 284 g/mol. The van der Waals surface area contributed by atoms with Gasteiger partial charge in [0.05, 0.1) is 14.2 Å². The number of benzene rings is 2. The molecule has 0 unspecified atom stereocenters. The van der Waals surface area contributed by atoms with Gasteiger partial charge in [0.15, 0.2) is 0 Å². The van der Waals surface area contributed by atoms with Crippen LogP contribution >= 0.6 is 0 Å². The van der Waals surface area contributed by atoms with E-state index >= 15 is 0 Å². The van der Waals surface area contributed by atoms with Gasteiger partial charge in [-0.15, -0.1) is 0 Å². The molecule has 116 valence electrons. The van der Waals surface area contributed by atoms with E-state index in [-0.39, 0.29) is 17.1 Å². The van der Waals surface area contributed by atoms with Gasteiger partial charge in [0.1, 0.15) is 22.8 Å². The highest BCUT2D eigenvalue weighted by Crippen LogP contribution is 2.29. The predicted molar refractivity (Wildman–Crippen MR) is 82.0 cm³/mol. The molecule has 5 heteroatoms. The first-order chi connectivity index (χ1) is 10.5. The van der Waals surface area contributed by atoms with Crippen molar-refractivity contribution in [2.24, 2.45) is 0 Å². The van der Waals surface area contributed by atoms with Gasteiger partial charge in [-0.25, -0.2) is 4.79 Å². The summed E-state index contributed by atoms with van der Waals surface area (Å²) in [5.41, 5.74) is 1.69. The summed E-state index contributed by atoms with van der Waals surface area (Å²) < 4.78 is 10.2. The zero-order valence-corrected chi connectivity index (χ0v) is 12.5. The second-order valence-electron chi connectivity index (χ2n) is 4.84. The first-order valence-electron chi connectivity index (χ1n) is 6.81. The van der Waals surface area contributed by atoms with Crippen molar-refractivity contribution in [1.82, 2.24) is 0 Å². The van der Waals surface area contributed by atoms with Crippen molar-refractivity contribution in [3.8, 4) is 17.2 Å². The first-order valence-corrected chi connectivity index (χ1v) is 6.81. The van der Waals surface area contributed by atoms with E-state index in [9.17, 15) is 15.0 Å². The Hall–Kier alpha value is -2.69. The smallest absolute Gasteiger partial charge is 0.339 e. The Morgan fingerprint density at radius 2 is 1.73 bits per heavy atom. The monoisotopic (exact) mass is 302 g/mol. The van der Waals surface area contributed by atoms with Crippen LogP contribution in [0.3, 0.4) is 0 Å². The van der Waals surface area contributed by atoms with Gasteiger partial charge >= 0.3 is 5.97 Å². The lowest BCUT2D eigenvalue weighted by atomic mass is 9.98. The Labute approximate surface area is 128 Å². The van der Waals surface area contributed by atoms with Crippen LogP contribution in [-0.2, 0) is 12.8 Å². The van der Waals surface area contributed by atoms with Crippen molar-refractivity contribution in [3.63, 3.8) is 0 Å². The van der Waals surface area contributed by atoms with Crippen LogP contribution in [0.25, 0.3) is 0 Å². The predicted octanol–water partition coefficient (Wildman–Crippen LogP) is 2.89. The molecule has 0 aliphatic heterocycles. The number of carboxylic acids is 1. The molecule has 0 amide bonds. The third-order valence-electron chi connectivity index (χ3n) is 3.44. The van der Waals surface area contributed by atoms with Crippen LogP contribution in [0.2, 0.25) is 0 Å². The molecule has 0 radical (unpaired) electrons. The fraction of sp³-hybridized carbons (Fsp3) is 0.235. The Balaban J connectivity index is 2.24. The topological polar surface area (TPSA) is 76.0 Å². The Kier molecular flexibility index (Phi) is 4.88. The molecule has 0 saturated heterocycles. The number of hydrogen-bond acceptors (Lipinski definition) is 4. The number of aromatic carboxylic acids is 1. The van der Waals surface area contributed by atoms with Crippen LogP contribution in [0.5, 0.6) is 17.2 Å². The lowest BCUT2D eigenvalue weighted by Gasteiger charge is -2.12. The SMILES string of the molecule is COc1ccc(CCc2cc(O)cc(OC)c2C(=O)O)cc1. The van der Waals surface area contributed by atoms with Crippen molar-refractivity contribution < 1.29 is 24.5 Å². The summed E-state index contributed by atoms with van der Waals surface area (Å²) >= 11 is 0. The molecule has 22 heavy (non-hydrogen) atoms. The summed E-state index contributed by atoms with van der Waals surface area (Å²) in [6.45, 7) is 0. The minimum absolute atomic E-state index is 0.00780. The van der Waals surface area contributed by atoms with Gasteiger partial charge in [0.2, 0.25) is 0 Å². The van der Waals surface area contributed by atoms with E-state index in [1.807, 2.05) is 24.3 Å². The maximum absolute atomic E-state index is 11.4. The number of aryl methyl sites for hydroxylation is 2. The molecule has 0 heterocycles. The van der Waals surface area contributed by atoms with E-state index in [1.165, 1.54) is 19.2 Å². The van der Waals surface area contributed by atoms with E-state index in [1.54, 1.807) is 7.11 Å². The van der Waals surface area contributed by atoms with Gasteiger partial charge in [-0.1, -0.05) is 12.1 Å². The van der Waals surface area contributed by atoms with Crippen LogP contribution in [-0.4, -0.2) is 30.4 Å². The van der Waals surface area contributed by atoms with Gasteiger partial charge in [0, 0.05) is 6.07 Å². The van der Waals surface area contributed by atoms with Crippen molar-refractivity contribution in [1.29, 1.82) is 0 Å². The molecule has 2 rings (SSSR count). The van der Waals surface area contributed by atoms with Crippen molar-refractivity contribution in [2.75, 3.05) is 14.2 Å². The highest BCUT2D eigenvalue weighted by molar-refractivity contribution is 5.93. The number of aromatic hydroxyl groups is 1. The van der Waals surface area contributed by atoms with E-state index in [0.29, 0.717) is 18.4 Å². The molecule has 2 aromatic rings. The molecule has 0 spiro atoms. The minimum Gasteiger partial charge on any atom is -0.508 e. The van der Waals surface area contributed by atoms with Gasteiger partial charge in [-0.3, -0.25) is 0 Å². The van der Waals surface area contributed by atoms with E-state index in [4.69, 9.17) is 9.47 Å². The van der Waals surface area contributed by atoms with Crippen LogP contribution in [0, 0.1) is 0 Å². The molecule has 0 bridgehead atoms. The van der Waals surface area contributed by atoms with Crippen LogP contribution in [0.15, 0.2) is 36.4 Å². The first kappa shape index (κ1) is 15.7. The second kappa shape index (κ2) is 6.85. The highest BCUT2D eigenvalue weighted by Gasteiger charge is 2.18. The summed E-state index contributed by atoms with van der Waals surface area (Å²) in [5.74, 6) is -0.139. The molecule has 0 saturated carbocycles. The number of phenolic OH excluding ortho intramolecular Hbond substituents is 1. The Morgan fingerprint density at radius 1 is 1.05 bits per heavy atom. The zero-order chi connectivity index (χ0) is 16.1. The number of ether oxygens (including phenoxy) is 2. The molecule has 0 atom stereocenters. The lowest BCUT2D eigenvalue weighted by molar-refractivity contribution is 0.0692. The summed E-state index contributed by atoms with van der Waals surface area (Å²) in [6.07, 6.45) is 1.13. The van der Waals surface area contributed by atoms with Gasteiger partial charge in [-0.2, -0.15) is 0 Å². The van der Waals surface area contributed by atoms with Crippen molar-refractivity contribution >= 4 is 5.97 Å². The number of rotatable bonds is 6. The van der Waals surface area contributed by atoms with Crippen LogP contribution in [0.4, 0.5) is 0 Å². The summed E-state index contributed by atoms with van der Waals surface area (Å²) in [5, 5.41) is 19.1. The average Bonchev–Trinajstić information content (AvgIpc) is 2.52. The van der Waals surface area contributed by atoms with Gasteiger partial charge in [0.25, 0.3) is 0 Å². The van der Waals surface area contributed by atoms with E-state index in [2.05, 4.69) is 0 Å². The Bertz CT molecular complexity index is 661. The molecule has 0 fully saturated rings. The average molecular weight is 302 g/mol. The molecule has 0 aliphatic rings. The molecule has 2 N–H and O–H groups in total. The second-order valence-corrected chi connectivity index (χ2v) is 4.84. The van der Waals surface area contributed by atoms with E-state index < -0.39 is 5.97 Å². The number of hydrogen-bond donors (Lipinski definition) is 2. The van der Waals surface area contributed by atoms with Gasteiger partial charge in [-0.05, 0) is 42.2 Å². The molecule has 2 aromatic carbocycles. The van der Waals surface area contributed by atoms with Gasteiger partial charge < -0.3 is 19.7 Å². The molecule has 0 aliphatic carbocycles. The zero-order valence-electron chi connectivity index (χ0n) is 12.5. The maximum atomic E-state index is 11.4. The number of carboxylic acid groups (broad SMARTS) is 1. The third kappa shape index (κ3) is 3.49. The quantitative estimate of drug-likeness (QED) is 0.858. The van der Waals surface area contributed by atoms with Crippen LogP contribution < -0.4 is 9.47 Å². The molecular formula is C17H18O5.